The molecule has 1 aliphatic rings. The van der Waals surface area contributed by atoms with Crippen molar-refractivity contribution in [2.24, 2.45) is 4.99 Å². The van der Waals surface area contributed by atoms with E-state index in [1.54, 1.807) is 19.3 Å². The first-order valence-corrected chi connectivity index (χ1v) is 9.54. The molecule has 1 unspecified atom stereocenters. The highest BCUT2D eigenvalue weighted by molar-refractivity contribution is 14.0. The van der Waals surface area contributed by atoms with E-state index in [0.717, 1.165) is 18.9 Å². The summed E-state index contributed by atoms with van der Waals surface area (Å²) in [5.41, 5.74) is 1.23. The fraction of sp³-hybridized carbons (Fsp3) is 0.273. The van der Waals surface area contributed by atoms with Crippen LogP contribution in [-0.4, -0.2) is 37.1 Å². The summed E-state index contributed by atoms with van der Waals surface area (Å²) in [4.78, 5) is 10.5. The smallest absolute Gasteiger partial charge is 0.191 e. The van der Waals surface area contributed by atoms with Gasteiger partial charge in [0.05, 0.1) is 0 Å². The van der Waals surface area contributed by atoms with Crippen molar-refractivity contribution in [3.63, 3.8) is 0 Å². The summed E-state index contributed by atoms with van der Waals surface area (Å²) in [6.07, 6.45) is 2.54. The van der Waals surface area contributed by atoms with E-state index >= 15 is 0 Å². The third kappa shape index (κ3) is 4.95. The van der Waals surface area contributed by atoms with Crippen molar-refractivity contribution in [2.75, 3.05) is 25.0 Å². The number of aliphatic imine (C=N–C) groups is 1. The molecule has 1 fully saturated rings. The monoisotopic (exact) mass is 505 g/mol. The lowest BCUT2D eigenvalue weighted by molar-refractivity contribution is 0.612. The summed E-state index contributed by atoms with van der Waals surface area (Å²) in [6.45, 7) is 2.15. The van der Waals surface area contributed by atoms with Gasteiger partial charge in [-0.15, -0.1) is 24.0 Å². The van der Waals surface area contributed by atoms with Gasteiger partial charge in [-0.1, -0.05) is 42.5 Å². The van der Waals surface area contributed by atoms with Gasteiger partial charge in [-0.25, -0.2) is 9.37 Å². The van der Waals surface area contributed by atoms with Gasteiger partial charge in [0.25, 0.3) is 0 Å². The van der Waals surface area contributed by atoms with Crippen LogP contribution >= 0.6 is 24.0 Å². The number of guanidine groups is 1. The molecule has 152 valence electrons. The van der Waals surface area contributed by atoms with Crippen molar-refractivity contribution < 1.29 is 4.39 Å². The van der Waals surface area contributed by atoms with E-state index in [1.165, 1.54) is 22.4 Å². The molecule has 29 heavy (non-hydrogen) atoms. The molecule has 0 radical (unpaired) electrons. The molecule has 1 aliphatic heterocycles. The maximum absolute atomic E-state index is 14.0. The van der Waals surface area contributed by atoms with E-state index in [1.807, 2.05) is 4.90 Å². The predicted molar refractivity (Wildman–Crippen MR) is 128 cm³/mol. The molecule has 2 N–H and O–H groups in total. The van der Waals surface area contributed by atoms with E-state index in [9.17, 15) is 4.39 Å². The number of nitrogens with one attached hydrogen (secondary N) is 2. The topological polar surface area (TPSA) is 52.6 Å². The minimum atomic E-state index is -0.276. The van der Waals surface area contributed by atoms with Crippen molar-refractivity contribution in [3.05, 3.63) is 72.2 Å². The van der Waals surface area contributed by atoms with E-state index < -0.39 is 0 Å². The number of hydrogen-bond donors (Lipinski definition) is 2. The average molecular weight is 505 g/mol. The lowest BCUT2D eigenvalue weighted by Gasteiger charge is -2.20. The molecule has 0 aliphatic carbocycles. The summed E-state index contributed by atoms with van der Waals surface area (Å²) in [5, 5.41) is 9.32. The average Bonchev–Trinajstić information content (AvgIpc) is 3.19. The molecule has 0 saturated carbocycles. The lowest BCUT2D eigenvalue weighted by atomic mass is 10.0. The predicted octanol–water partition coefficient (Wildman–Crippen LogP) is 3.94. The quantitative estimate of drug-likeness (QED) is 0.321. The van der Waals surface area contributed by atoms with Crippen LogP contribution in [0.4, 0.5) is 10.2 Å². The SMILES string of the molecule is CN=C(NCc1cccc2ccccc12)NC1CCN(c2ncccc2F)C1.I. The van der Waals surface area contributed by atoms with Gasteiger partial charge in [0.2, 0.25) is 0 Å². The standard InChI is InChI=1S/C22H24FN5.HI/c1-24-22(26-14-17-8-4-7-16-6-2-3-9-19(16)17)27-18-11-13-28(15-18)21-20(23)10-5-12-25-21;/h2-10,12,18H,11,13-15H2,1H3,(H2,24,26,27);1H. The van der Waals surface area contributed by atoms with Gasteiger partial charge < -0.3 is 15.5 Å². The fourth-order valence-electron chi connectivity index (χ4n) is 3.69. The summed E-state index contributed by atoms with van der Waals surface area (Å²) < 4.78 is 14.0. The minimum absolute atomic E-state index is 0. The highest BCUT2D eigenvalue weighted by atomic mass is 127. The van der Waals surface area contributed by atoms with Crippen LogP contribution in [0, 0.1) is 5.82 Å². The van der Waals surface area contributed by atoms with Crippen molar-refractivity contribution in [1.82, 2.24) is 15.6 Å². The zero-order valence-corrected chi connectivity index (χ0v) is 18.6. The molecule has 4 rings (SSSR count). The number of rotatable bonds is 4. The molecule has 5 nitrogen and oxygen atoms in total. The van der Waals surface area contributed by atoms with Gasteiger partial charge in [0.1, 0.15) is 0 Å². The second-order valence-corrected chi connectivity index (χ2v) is 6.95. The van der Waals surface area contributed by atoms with Crippen molar-refractivity contribution in [3.8, 4) is 0 Å². The van der Waals surface area contributed by atoms with Gasteiger partial charge in [0.15, 0.2) is 17.6 Å². The Labute approximate surface area is 187 Å². The van der Waals surface area contributed by atoms with Gasteiger partial charge in [0, 0.05) is 38.9 Å². The van der Waals surface area contributed by atoms with E-state index in [-0.39, 0.29) is 35.8 Å². The first kappa shape index (κ1) is 21.3. The number of fused-ring (bicyclic) bond motifs is 1. The fourth-order valence-corrected chi connectivity index (χ4v) is 3.69. The molecule has 2 aromatic carbocycles. The number of benzene rings is 2. The van der Waals surface area contributed by atoms with Crippen LogP contribution in [-0.2, 0) is 6.54 Å². The molecule has 2 heterocycles. The van der Waals surface area contributed by atoms with Crippen LogP contribution in [0.25, 0.3) is 10.8 Å². The minimum Gasteiger partial charge on any atom is -0.352 e. The molecule has 1 aromatic heterocycles. The van der Waals surface area contributed by atoms with Crippen LogP contribution in [0.2, 0.25) is 0 Å². The number of pyridine rings is 1. The summed E-state index contributed by atoms with van der Waals surface area (Å²) in [7, 11) is 1.77. The van der Waals surface area contributed by atoms with E-state index in [0.29, 0.717) is 18.9 Å². The Morgan fingerprint density at radius 3 is 2.83 bits per heavy atom. The number of nitrogens with zero attached hydrogens (tertiary/aromatic N) is 3. The molecule has 7 heteroatoms. The molecule has 0 bridgehead atoms. The van der Waals surface area contributed by atoms with Gasteiger partial charge in [-0.05, 0) is 34.9 Å². The Bertz CT molecular complexity index is 988. The molecule has 1 saturated heterocycles. The van der Waals surface area contributed by atoms with Crippen molar-refractivity contribution >= 4 is 46.5 Å². The maximum Gasteiger partial charge on any atom is 0.191 e. The zero-order chi connectivity index (χ0) is 19.3. The van der Waals surface area contributed by atoms with E-state index in [2.05, 4.69) is 63.1 Å². The first-order valence-electron chi connectivity index (χ1n) is 9.54. The van der Waals surface area contributed by atoms with Crippen LogP contribution in [0.1, 0.15) is 12.0 Å². The third-order valence-corrected chi connectivity index (χ3v) is 5.12. The molecular weight excluding hydrogens is 480 g/mol. The number of hydrogen-bond acceptors (Lipinski definition) is 3. The molecular formula is C22H25FIN5. The number of halogens is 2. The zero-order valence-electron chi connectivity index (χ0n) is 16.3. The van der Waals surface area contributed by atoms with Gasteiger partial charge in [-0.2, -0.15) is 0 Å². The van der Waals surface area contributed by atoms with Gasteiger partial charge in [-0.3, -0.25) is 4.99 Å². The summed E-state index contributed by atoms with van der Waals surface area (Å²) in [5.74, 6) is 0.897. The Balaban J connectivity index is 0.00000240. The maximum atomic E-state index is 14.0. The van der Waals surface area contributed by atoms with Crippen LogP contribution < -0.4 is 15.5 Å². The molecule has 1 atom stereocenters. The summed E-state index contributed by atoms with van der Waals surface area (Å²) in [6, 6.07) is 18.0. The number of anilines is 1. The highest BCUT2D eigenvalue weighted by Gasteiger charge is 2.25. The van der Waals surface area contributed by atoms with Crippen LogP contribution in [0.3, 0.4) is 0 Å². The van der Waals surface area contributed by atoms with Crippen LogP contribution in [0.5, 0.6) is 0 Å². The van der Waals surface area contributed by atoms with Crippen molar-refractivity contribution in [2.45, 2.75) is 19.0 Å². The Morgan fingerprint density at radius 2 is 2.00 bits per heavy atom. The second-order valence-electron chi connectivity index (χ2n) is 6.95. The molecule has 0 spiro atoms. The second kappa shape index (κ2) is 9.87. The Kier molecular flexibility index (Phi) is 7.24. The molecule has 3 aromatic rings. The Hall–Kier alpha value is -2.42. The summed E-state index contributed by atoms with van der Waals surface area (Å²) >= 11 is 0. The normalized spacial score (nSPS) is 16.6. The largest absolute Gasteiger partial charge is 0.352 e. The van der Waals surface area contributed by atoms with Crippen molar-refractivity contribution in [1.29, 1.82) is 0 Å². The third-order valence-electron chi connectivity index (χ3n) is 5.12. The van der Waals surface area contributed by atoms with Gasteiger partial charge >= 0.3 is 0 Å². The number of aromatic nitrogens is 1. The first-order chi connectivity index (χ1) is 13.7. The molecule has 0 amide bonds. The Morgan fingerprint density at radius 1 is 1.17 bits per heavy atom. The van der Waals surface area contributed by atoms with Crippen LogP contribution in [0.15, 0.2) is 65.8 Å². The lowest BCUT2D eigenvalue weighted by Crippen LogP contribution is -2.44. The van der Waals surface area contributed by atoms with E-state index in [4.69, 9.17) is 0 Å². The highest BCUT2D eigenvalue weighted by Crippen LogP contribution is 2.21.